The van der Waals surface area contributed by atoms with Gasteiger partial charge in [-0.25, -0.2) is 4.79 Å². The molecule has 0 spiro atoms. The fourth-order valence-electron chi connectivity index (χ4n) is 1.01. The average Bonchev–Trinajstić information content (AvgIpc) is 2.18. The number of nitrogens with two attached hydrogens (primary N) is 1. The van der Waals surface area contributed by atoms with Crippen LogP contribution in [-0.2, 0) is 4.74 Å². The first-order valence-corrected chi connectivity index (χ1v) is 4.70. The van der Waals surface area contributed by atoms with Gasteiger partial charge in [0.05, 0.1) is 11.7 Å². The Balaban J connectivity index is 2.75. The van der Waals surface area contributed by atoms with E-state index in [0.717, 1.165) is 6.42 Å². The number of rotatable bonds is 3. The third-order valence-corrected chi connectivity index (χ3v) is 2.06. The molecule has 0 fully saturated rings. The first-order valence-electron chi connectivity index (χ1n) is 4.70. The van der Waals surface area contributed by atoms with Crippen LogP contribution < -0.4 is 5.73 Å². The summed E-state index contributed by atoms with van der Waals surface area (Å²) in [6, 6.07) is 6.91. The van der Waals surface area contributed by atoms with Crippen molar-refractivity contribution < 1.29 is 9.53 Å². The molecule has 0 aromatic heterocycles. The van der Waals surface area contributed by atoms with Crippen molar-refractivity contribution in [3.05, 3.63) is 29.8 Å². The van der Waals surface area contributed by atoms with Crippen LogP contribution >= 0.6 is 0 Å². The van der Waals surface area contributed by atoms with Gasteiger partial charge in [0.2, 0.25) is 0 Å². The lowest BCUT2D eigenvalue weighted by molar-refractivity contribution is 0.0336. The Hall–Kier alpha value is -1.51. The van der Waals surface area contributed by atoms with E-state index in [2.05, 4.69) is 0 Å². The minimum atomic E-state index is -0.350. The molecule has 0 bridgehead atoms. The molecular formula is C11H15NO2. The number of nitrogen functional groups attached to an aromatic ring is 1. The fourth-order valence-corrected chi connectivity index (χ4v) is 1.01. The quantitative estimate of drug-likeness (QED) is 0.591. The average molecular weight is 193 g/mol. The van der Waals surface area contributed by atoms with Gasteiger partial charge in [-0.15, -0.1) is 0 Å². The van der Waals surface area contributed by atoms with Gasteiger partial charge in [0.25, 0.3) is 0 Å². The van der Waals surface area contributed by atoms with Gasteiger partial charge in [0.15, 0.2) is 0 Å². The lowest BCUT2D eigenvalue weighted by atomic mass is 10.2. The Morgan fingerprint density at radius 3 is 2.71 bits per heavy atom. The molecule has 0 radical (unpaired) electrons. The molecule has 0 amide bonds. The van der Waals surface area contributed by atoms with Gasteiger partial charge in [-0.2, -0.15) is 0 Å². The van der Waals surface area contributed by atoms with Gasteiger partial charge in [-0.05, 0) is 25.5 Å². The van der Waals surface area contributed by atoms with E-state index in [1.54, 1.807) is 24.3 Å². The minimum absolute atomic E-state index is 0.0675. The molecule has 0 saturated carbocycles. The summed E-state index contributed by atoms with van der Waals surface area (Å²) < 4.78 is 5.15. The summed E-state index contributed by atoms with van der Waals surface area (Å²) in [5.74, 6) is -0.350. The molecule has 76 valence electrons. The molecule has 0 heterocycles. The zero-order valence-electron chi connectivity index (χ0n) is 8.49. The Bertz CT molecular complexity index is 323. The number of ether oxygens (including phenoxy) is 1. The lowest BCUT2D eigenvalue weighted by Gasteiger charge is -2.11. The van der Waals surface area contributed by atoms with Gasteiger partial charge in [0, 0.05) is 5.69 Å². The molecule has 2 N–H and O–H groups in total. The lowest BCUT2D eigenvalue weighted by Crippen LogP contribution is -2.15. The van der Waals surface area contributed by atoms with E-state index in [1.807, 2.05) is 13.8 Å². The Morgan fingerprint density at radius 1 is 1.50 bits per heavy atom. The van der Waals surface area contributed by atoms with Gasteiger partial charge in [-0.1, -0.05) is 19.1 Å². The highest BCUT2D eigenvalue weighted by atomic mass is 16.5. The maximum absolute atomic E-state index is 11.5. The van der Waals surface area contributed by atoms with E-state index in [0.29, 0.717) is 11.3 Å². The normalized spacial score (nSPS) is 12.1. The number of esters is 1. The van der Waals surface area contributed by atoms with Crippen molar-refractivity contribution in [1.82, 2.24) is 0 Å². The molecule has 1 rings (SSSR count). The summed E-state index contributed by atoms with van der Waals surface area (Å²) in [7, 11) is 0. The van der Waals surface area contributed by atoms with E-state index in [-0.39, 0.29) is 12.1 Å². The molecule has 1 unspecified atom stereocenters. The molecule has 1 atom stereocenters. The highest BCUT2D eigenvalue weighted by Crippen LogP contribution is 2.13. The molecule has 1 aromatic carbocycles. The van der Waals surface area contributed by atoms with Crippen LogP contribution in [0.3, 0.4) is 0 Å². The van der Waals surface area contributed by atoms with Crippen LogP contribution in [0.4, 0.5) is 5.69 Å². The second-order valence-corrected chi connectivity index (χ2v) is 3.21. The fraction of sp³-hybridized carbons (Fsp3) is 0.364. The predicted octanol–water partition coefficient (Wildman–Crippen LogP) is 2.22. The predicted molar refractivity (Wildman–Crippen MR) is 56.0 cm³/mol. The molecule has 14 heavy (non-hydrogen) atoms. The number of hydrogen-bond acceptors (Lipinski definition) is 3. The van der Waals surface area contributed by atoms with Crippen LogP contribution in [0.1, 0.15) is 30.6 Å². The van der Waals surface area contributed by atoms with Crippen molar-refractivity contribution in [3.63, 3.8) is 0 Å². The first-order chi connectivity index (χ1) is 6.65. The standard InChI is InChI=1S/C11H15NO2/c1-3-8(2)14-11(13)9-6-4-5-7-10(9)12/h4-8H,3,12H2,1-2H3. The summed E-state index contributed by atoms with van der Waals surface area (Å²) in [5, 5.41) is 0. The van der Waals surface area contributed by atoms with Gasteiger partial charge in [0.1, 0.15) is 0 Å². The van der Waals surface area contributed by atoms with Gasteiger partial charge < -0.3 is 10.5 Å². The SMILES string of the molecule is CCC(C)OC(=O)c1ccccc1N. The molecule has 0 aliphatic carbocycles. The van der Waals surface area contributed by atoms with Crippen molar-refractivity contribution in [2.75, 3.05) is 5.73 Å². The zero-order valence-corrected chi connectivity index (χ0v) is 8.49. The summed E-state index contributed by atoms with van der Waals surface area (Å²) in [6.07, 6.45) is 0.737. The molecule has 1 aromatic rings. The van der Waals surface area contributed by atoms with Gasteiger partial charge in [-0.3, -0.25) is 0 Å². The molecule has 3 heteroatoms. The van der Waals surface area contributed by atoms with E-state index < -0.39 is 0 Å². The summed E-state index contributed by atoms with van der Waals surface area (Å²) in [6.45, 7) is 3.82. The van der Waals surface area contributed by atoms with Crippen LogP contribution in [0, 0.1) is 0 Å². The molecule has 0 aliphatic heterocycles. The van der Waals surface area contributed by atoms with E-state index in [4.69, 9.17) is 10.5 Å². The zero-order chi connectivity index (χ0) is 10.6. The maximum atomic E-state index is 11.5. The number of hydrogen-bond donors (Lipinski definition) is 1. The second kappa shape index (κ2) is 4.65. The Morgan fingerprint density at radius 2 is 2.14 bits per heavy atom. The number of anilines is 1. The van der Waals surface area contributed by atoms with Crippen LogP contribution in [-0.4, -0.2) is 12.1 Å². The molecule has 0 aliphatic rings. The van der Waals surface area contributed by atoms with E-state index in [1.165, 1.54) is 0 Å². The van der Waals surface area contributed by atoms with Crippen molar-refractivity contribution in [2.24, 2.45) is 0 Å². The third-order valence-electron chi connectivity index (χ3n) is 2.06. The summed E-state index contributed by atoms with van der Waals surface area (Å²) >= 11 is 0. The number of benzene rings is 1. The smallest absolute Gasteiger partial charge is 0.340 e. The largest absolute Gasteiger partial charge is 0.459 e. The minimum Gasteiger partial charge on any atom is -0.459 e. The van der Waals surface area contributed by atoms with Crippen molar-refractivity contribution in [2.45, 2.75) is 26.4 Å². The summed E-state index contributed by atoms with van der Waals surface area (Å²) in [4.78, 5) is 11.5. The van der Waals surface area contributed by atoms with E-state index in [9.17, 15) is 4.79 Å². The Kier molecular flexibility index (Phi) is 3.51. The highest BCUT2D eigenvalue weighted by Gasteiger charge is 2.12. The van der Waals surface area contributed by atoms with Crippen molar-refractivity contribution in [1.29, 1.82) is 0 Å². The Labute approximate surface area is 83.9 Å². The van der Waals surface area contributed by atoms with E-state index >= 15 is 0 Å². The molecule has 0 saturated heterocycles. The van der Waals surface area contributed by atoms with Crippen molar-refractivity contribution in [3.8, 4) is 0 Å². The topological polar surface area (TPSA) is 52.3 Å². The van der Waals surface area contributed by atoms with Gasteiger partial charge >= 0.3 is 5.97 Å². The molecular weight excluding hydrogens is 178 g/mol. The molecule has 3 nitrogen and oxygen atoms in total. The number of para-hydroxylation sites is 1. The highest BCUT2D eigenvalue weighted by molar-refractivity contribution is 5.95. The number of carbonyl (C=O) groups is 1. The van der Waals surface area contributed by atoms with Crippen LogP contribution in [0.15, 0.2) is 24.3 Å². The first kappa shape index (κ1) is 10.6. The number of carbonyl (C=O) groups excluding carboxylic acids is 1. The van der Waals surface area contributed by atoms with Crippen LogP contribution in [0.5, 0.6) is 0 Å². The van der Waals surface area contributed by atoms with Crippen LogP contribution in [0.25, 0.3) is 0 Å². The van der Waals surface area contributed by atoms with Crippen LogP contribution in [0.2, 0.25) is 0 Å². The second-order valence-electron chi connectivity index (χ2n) is 3.21. The monoisotopic (exact) mass is 193 g/mol. The van der Waals surface area contributed by atoms with Crippen molar-refractivity contribution >= 4 is 11.7 Å². The summed E-state index contributed by atoms with van der Waals surface area (Å²) in [5.41, 5.74) is 6.53. The maximum Gasteiger partial charge on any atom is 0.340 e. The third kappa shape index (κ3) is 2.49.